The first-order valence-electron chi connectivity index (χ1n) is 9.18. The van der Waals surface area contributed by atoms with Crippen molar-refractivity contribution in [2.24, 2.45) is 4.99 Å². The van der Waals surface area contributed by atoms with E-state index in [-0.39, 0.29) is 6.61 Å². The lowest BCUT2D eigenvalue weighted by molar-refractivity contribution is -0.176. The first-order valence-corrected chi connectivity index (χ1v) is 9.18. The number of aliphatic hydroxyl groups is 1. The van der Waals surface area contributed by atoms with Crippen molar-refractivity contribution in [1.82, 2.24) is 10.6 Å². The van der Waals surface area contributed by atoms with E-state index in [9.17, 15) is 18.3 Å². The molecule has 0 unspecified atom stereocenters. The molecule has 0 aliphatic carbocycles. The Morgan fingerprint density at radius 1 is 1.04 bits per heavy atom. The van der Waals surface area contributed by atoms with Crippen molar-refractivity contribution in [1.29, 1.82) is 0 Å². The number of benzene rings is 1. The second-order valence-corrected chi connectivity index (χ2v) is 6.40. The molecule has 1 aromatic rings. The summed E-state index contributed by atoms with van der Waals surface area (Å²) in [5, 5.41) is 16.6. The molecule has 3 N–H and O–H groups in total. The Kier molecular flexibility index (Phi) is 9.59. The molecule has 0 aliphatic rings. The second kappa shape index (κ2) is 11.1. The first-order chi connectivity index (χ1) is 12.7. The summed E-state index contributed by atoms with van der Waals surface area (Å²) in [4.78, 5) is 4.48. The van der Waals surface area contributed by atoms with Crippen LogP contribution in [-0.4, -0.2) is 42.5 Å². The third kappa shape index (κ3) is 9.63. The minimum Gasteiger partial charge on any atom is -0.388 e. The van der Waals surface area contributed by atoms with Gasteiger partial charge in [-0.3, -0.25) is 0 Å². The van der Waals surface area contributed by atoms with Gasteiger partial charge in [0.2, 0.25) is 0 Å². The Balaban J connectivity index is 2.58. The van der Waals surface area contributed by atoms with Gasteiger partial charge in [-0.2, -0.15) is 13.2 Å². The molecule has 0 amide bonds. The molecular weight excluding hydrogens is 359 g/mol. The maximum absolute atomic E-state index is 12.1. The number of rotatable bonds is 10. The highest BCUT2D eigenvalue weighted by molar-refractivity contribution is 5.79. The van der Waals surface area contributed by atoms with Crippen molar-refractivity contribution < 1.29 is 23.0 Å². The van der Waals surface area contributed by atoms with Crippen LogP contribution in [0.3, 0.4) is 0 Å². The van der Waals surface area contributed by atoms with Crippen LogP contribution in [0.1, 0.15) is 44.7 Å². The van der Waals surface area contributed by atoms with E-state index in [0.717, 1.165) is 5.56 Å². The molecule has 8 heteroatoms. The van der Waals surface area contributed by atoms with Crippen LogP contribution in [-0.2, 0) is 17.9 Å². The molecule has 0 radical (unpaired) electrons. The molecule has 0 aliphatic heterocycles. The van der Waals surface area contributed by atoms with Crippen LogP contribution in [0.15, 0.2) is 29.3 Å². The van der Waals surface area contributed by atoms with Gasteiger partial charge in [0, 0.05) is 13.1 Å². The van der Waals surface area contributed by atoms with Crippen molar-refractivity contribution in [3.05, 3.63) is 35.4 Å². The van der Waals surface area contributed by atoms with E-state index in [0.29, 0.717) is 44.0 Å². The summed E-state index contributed by atoms with van der Waals surface area (Å²) in [6, 6.07) is 7.09. The molecule has 0 heterocycles. The predicted molar refractivity (Wildman–Crippen MR) is 101 cm³/mol. The van der Waals surface area contributed by atoms with Crippen LogP contribution in [0, 0.1) is 0 Å². The van der Waals surface area contributed by atoms with Crippen molar-refractivity contribution in [2.45, 2.75) is 58.5 Å². The van der Waals surface area contributed by atoms with E-state index in [1.54, 1.807) is 12.1 Å². The smallest absolute Gasteiger partial charge is 0.388 e. The lowest BCUT2D eigenvalue weighted by Crippen LogP contribution is -2.46. The zero-order valence-corrected chi connectivity index (χ0v) is 16.2. The zero-order valence-electron chi connectivity index (χ0n) is 16.2. The van der Waals surface area contributed by atoms with Gasteiger partial charge in [0.05, 0.1) is 18.8 Å². The summed E-state index contributed by atoms with van der Waals surface area (Å²) >= 11 is 0. The fraction of sp³-hybridized carbons (Fsp3) is 0.632. The van der Waals surface area contributed by atoms with E-state index in [1.165, 1.54) is 0 Å². The summed E-state index contributed by atoms with van der Waals surface area (Å²) in [7, 11) is 0. The van der Waals surface area contributed by atoms with Gasteiger partial charge in [-0.05, 0) is 30.9 Å². The minimum absolute atomic E-state index is 0.0835. The van der Waals surface area contributed by atoms with Gasteiger partial charge in [0.25, 0.3) is 0 Å². The van der Waals surface area contributed by atoms with Crippen LogP contribution in [0.2, 0.25) is 0 Å². The van der Waals surface area contributed by atoms with Gasteiger partial charge in [-0.15, -0.1) is 0 Å². The van der Waals surface area contributed by atoms with E-state index in [2.05, 4.69) is 20.4 Å². The van der Waals surface area contributed by atoms with Gasteiger partial charge in [0.1, 0.15) is 6.61 Å². The number of nitrogens with one attached hydrogen (secondary N) is 2. The molecule has 0 fully saturated rings. The van der Waals surface area contributed by atoms with Gasteiger partial charge >= 0.3 is 6.18 Å². The van der Waals surface area contributed by atoms with Crippen LogP contribution in [0.25, 0.3) is 0 Å². The van der Waals surface area contributed by atoms with E-state index < -0.39 is 18.4 Å². The highest BCUT2D eigenvalue weighted by atomic mass is 19.4. The fourth-order valence-corrected chi connectivity index (χ4v) is 2.29. The summed E-state index contributed by atoms with van der Waals surface area (Å²) in [5.41, 5.74) is 0.829. The molecule has 27 heavy (non-hydrogen) atoms. The quantitative estimate of drug-likeness (QED) is 0.424. The number of halogens is 3. The molecule has 0 atom stereocenters. The van der Waals surface area contributed by atoms with Crippen molar-refractivity contribution in [2.75, 3.05) is 19.7 Å². The second-order valence-electron chi connectivity index (χ2n) is 6.40. The Bertz CT molecular complexity index is 571. The van der Waals surface area contributed by atoms with Gasteiger partial charge < -0.3 is 20.5 Å². The Hall–Kier alpha value is -1.80. The lowest BCUT2D eigenvalue weighted by atomic mass is 9.98. The van der Waals surface area contributed by atoms with Gasteiger partial charge in [-0.1, -0.05) is 38.1 Å². The number of aliphatic imine (C=N–C) groups is 1. The molecule has 0 bridgehead atoms. The average Bonchev–Trinajstić information content (AvgIpc) is 2.64. The third-order valence-corrected chi connectivity index (χ3v) is 4.22. The molecule has 5 nitrogen and oxygen atoms in total. The summed E-state index contributed by atoms with van der Waals surface area (Å²) in [5.74, 6) is 0.607. The molecule has 0 aromatic heterocycles. The summed E-state index contributed by atoms with van der Waals surface area (Å²) < 4.78 is 40.9. The lowest BCUT2D eigenvalue weighted by Gasteiger charge is -2.26. The highest BCUT2D eigenvalue weighted by Gasteiger charge is 2.27. The van der Waals surface area contributed by atoms with Crippen LogP contribution >= 0.6 is 0 Å². The van der Waals surface area contributed by atoms with Crippen molar-refractivity contribution in [3.8, 4) is 0 Å². The Morgan fingerprint density at radius 2 is 1.63 bits per heavy atom. The SMILES string of the molecule is CCNC(=NCc1ccc(COCC(F)(F)F)cc1)NCC(O)(CC)CC. The van der Waals surface area contributed by atoms with Crippen LogP contribution < -0.4 is 10.6 Å². The maximum atomic E-state index is 12.1. The first kappa shape index (κ1) is 23.2. The van der Waals surface area contributed by atoms with E-state index in [4.69, 9.17) is 0 Å². The van der Waals surface area contributed by atoms with Gasteiger partial charge in [-0.25, -0.2) is 4.99 Å². The number of ether oxygens (including phenoxy) is 1. The van der Waals surface area contributed by atoms with Crippen molar-refractivity contribution >= 4 is 5.96 Å². The molecular formula is C19H30F3N3O2. The highest BCUT2D eigenvalue weighted by Crippen LogP contribution is 2.16. The largest absolute Gasteiger partial charge is 0.411 e. The standard InChI is InChI=1S/C19H30F3N3O2/c1-4-18(26,5-2)13-25-17(23-6-3)24-11-15-7-9-16(10-8-15)12-27-14-19(20,21)22/h7-10,26H,4-6,11-14H2,1-3H3,(H2,23,24,25). The van der Waals surface area contributed by atoms with E-state index in [1.807, 2.05) is 32.9 Å². The molecule has 0 saturated carbocycles. The molecule has 1 aromatic carbocycles. The number of hydrogen-bond donors (Lipinski definition) is 3. The molecule has 154 valence electrons. The monoisotopic (exact) mass is 389 g/mol. The zero-order chi connectivity index (χ0) is 20.3. The normalized spacial score (nSPS) is 12.9. The fourth-order valence-electron chi connectivity index (χ4n) is 2.29. The Labute approximate surface area is 159 Å². The predicted octanol–water partition coefficient (Wildman–Crippen LogP) is 3.37. The van der Waals surface area contributed by atoms with Crippen molar-refractivity contribution in [3.63, 3.8) is 0 Å². The van der Waals surface area contributed by atoms with Crippen LogP contribution in [0.4, 0.5) is 13.2 Å². The summed E-state index contributed by atoms with van der Waals surface area (Å²) in [6.45, 7) is 6.01. The maximum Gasteiger partial charge on any atom is 0.411 e. The average molecular weight is 389 g/mol. The Morgan fingerprint density at radius 3 is 2.15 bits per heavy atom. The number of guanidine groups is 1. The molecule has 0 spiro atoms. The summed E-state index contributed by atoms with van der Waals surface area (Å²) in [6.07, 6.45) is -3.02. The number of nitrogens with zero attached hydrogens (tertiary/aromatic N) is 1. The molecule has 0 saturated heterocycles. The minimum atomic E-state index is -4.31. The van der Waals surface area contributed by atoms with E-state index >= 15 is 0 Å². The third-order valence-electron chi connectivity index (χ3n) is 4.22. The van der Waals surface area contributed by atoms with Crippen LogP contribution in [0.5, 0.6) is 0 Å². The topological polar surface area (TPSA) is 65.9 Å². The number of hydrogen-bond acceptors (Lipinski definition) is 3. The van der Waals surface area contributed by atoms with Gasteiger partial charge in [0.15, 0.2) is 5.96 Å². The molecule has 1 rings (SSSR count). The number of alkyl halides is 3.